The molecule has 18 heavy (non-hydrogen) atoms. The van der Waals surface area contributed by atoms with E-state index < -0.39 is 0 Å². The molecule has 3 rings (SSSR count). The zero-order chi connectivity index (χ0) is 12.5. The molecule has 0 radical (unpaired) electrons. The van der Waals surface area contributed by atoms with Gasteiger partial charge in [-0.3, -0.25) is 9.88 Å². The highest BCUT2D eigenvalue weighted by atomic mass is 35.5. The molecule has 0 N–H and O–H groups in total. The summed E-state index contributed by atoms with van der Waals surface area (Å²) in [5.74, 6) is 0.568. The van der Waals surface area contributed by atoms with Gasteiger partial charge < -0.3 is 4.90 Å². The van der Waals surface area contributed by atoms with E-state index in [1.807, 2.05) is 18.5 Å². The van der Waals surface area contributed by atoms with E-state index in [9.17, 15) is 0 Å². The molecule has 0 saturated carbocycles. The summed E-state index contributed by atoms with van der Waals surface area (Å²) in [7, 11) is 2.28. The van der Waals surface area contributed by atoms with Gasteiger partial charge in [-0.1, -0.05) is 0 Å². The Morgan fingerprint density at radius 2 is 2.17 bits per heavy atom. The van der Waals surface area contributed by atoms with Crippen LogP contribution in [0.25, 0.3) is 0 Å². The van der Waals surface area contributed by atoms with Gasteiger partial charge in [0.15, 0.2) is 0 Å². The minimum atomic E-state index is 0.568. The van der Waals surface area contributed by atoms with Crippen LogP contribution in [0.15, 0.2) is 18.5 Å². The molecule has 2 aliphatic rings. The average molecular weight is 266 g/mol. The van der Waals surface area contributed by atoms with Gasteiger partial charge in [0.25, 0.3) is 0 Å². The van der Waals surface area contributed by atoms with Crippen LogP contribution < -0.4 is 4.90 Å². The van der Waals surface area contributed by atoms with Crippen molar-refractivity contribution in [3.05, 3.63) is 24.0 Å². The van der Waals surface area contributed by atoms with Crippen LogP contribution >= 0.6 is 11.6 Å². The molecule has 1 aromatic rings. The van der Waals surface area contributed by atoms with Gasteiger partial charge in [-0.25, -0.2) is 0 Å². The molecule has 3 nitrogen and oxygen atoms in total. The first-order chi connectivity index (χ1) is 8.79. The van der Waals surface area contributed by atoms with Crippen molar-refractivity contribution < 1.29 is 0 Å². The lowest BCUT2D eigenvalue weighted by Crippen LogP contribution is -2.37. The van der Waals surface area contributed by atoms with Gasteiger partial charge in [-0.05, 0) is 37.9 Å². The highest BCUT2D eigenvalue weighted by Crippen LogP contribution is 2.31. The first-order valence-electron chi connectivity index (χ1n) is 6.75. The molecular formula is C14H20ClN3. The predicted octanol–water partition coefficient (Wildman–Crippen LogP) is 2.49. The Hall–Kier alpha value is -0.800. The van der Waals surface area contributed by atoms with E-state index in [0.29, 0.717) is 11.9 Å². The van der Waals surface area contributed by atoms with Crippen LogP contribution in [-0.4, -0.2) is 42.1 Å². The molecule has 0 amide bonds. The van der Waals surface area contributed by atoms with Gasteiger partial charge in [-0.2, -0.15) is 0 Å². The number of likely N-dealkylation sites (N-methyl/N-ethyl adjacent to an activating group) is 1. The number of anilines is 1. The van der Waals surface area contributed by atoms with Crippen molar-refractivity contribution in [2.75, 3.05) is 25.0 Å². The first-order valence-corrected chi connectivity index (χ1v) is 7.29. The second-order valence-corrected chi connectivity index (χ2v) is 5.69. The topological polar surface area (TPSA) is 19.4 Å². The molecule has 0 aromatic carbocycles. The average Bonchev–Trinajstić information content (AvgIpc) is 2.63. The fourth-order valence-electron chi connectivity index (χ4n) is 3.34. The van der Waals surface area contributed by atoms with E-state index in [2.05, 4.69) is 21.8 Å². The van der Waals surface area contributed by atoms with Gasteiger partial charge in [0.05, 0.1) is 11.9 Å². The minimum absolute atomic E-state index is 0.568. The Kier molecular flexibility index (Phi) is 3.44. The Balaban J connectivity index is 1.84. The number of nitrogens with zero attached hydrogens (tertiary/aromatic N) is 3. The normalized spacial score (nSPS) is 28.4. The van der Waals surface area contributed by atoms with Crippen LogP contribution in [0.4, 0.5) is 5.69 Å². The molecule has 1 aromatic heterocycles. The molecule has 2 atom stereocenters. The molecule has 4 heteroatoms. The number of aromatic nitrogens is 1. The summed E-state index contributed by atoms with van der Waals surface area (Å²) in [5, 5.41) is 0. The Morgan fingerprint density at radius 3 is 3.00 bits per heavy atom. The molecule has 2 unspecified atom stereocenters. The van der Waals surface area contributed by atoms with E-state index in [4.69, 9.17) is 11.6 Å². The third-order valence-electron chi connectivity index (χ3n) is 4.52. The molecule has 98 valence electrons. The van der Waals surface area contributed by atoms with E-state index in [1.54, 1.807) is 0 Å². The Bertz CT molecular complexity index is 423. The second-order valence-electron chi connectivity index (χ2n) is 5.42. The van der Waals surface area contributed by atoms with E-state index in [-0.39, 0.29) is 0 Å². The maximum atomic E-state index is 6.03. The predicted molar refractivity (Wildman–Crippen MR) is 75.2 cm³/mol. The minimum Gasteiger partial charge on any atom is -0.368 e. The number of rotatable bonds is 2. The van der Waals surface area contributed by atoms with Gasteiger partial charge in [0, 0.05) is 37.3 Å². The molecule has 2 bridgehead atoms. The fourth-order valence-corrected chi connectivity index (χ4v) is 3.57. The van der Waals surface area contributed by atoms with Crippen LogP contribution in [0.3, 0.4) is 0 Å². The monoisotopic (exact) mass is 265 g/mol. The van der Waals surface area contributed by atoms with Crippen molar-refractivity contribution in [2.24, 2.45) is 0 Å². The van der Waals surface area contributed by atoms with Crippen molar-refractivity contribution in [1.82, 2.24) is 9.88 Å². The van der Waals surface area contributed by atoms with Crippen molar-refractivity contribution in [3.8, 4) is 0 Å². The SMILES string of the molecule is CN1C2CCC1CN(c1cnccc1CCl)CC2. The molecular weight excluding hydrogens is 246 g/mol. The highest BCUT2D eigenvalue weighted by molar-refractivity contribution is 6.17. The lowest BCUT2D eigenvalue weighted by Gasteiger charge is -2.28. The molecule has 2 aliphatic heterocycles. The van der Waals surface area contributed by atoms with Gasteiger partial charge >= 0.3 is 0 Å². The maximum Gasteiger partial charge on any atom is 0.0598 e. The summed E-state index contributed by atoms with van der Waals surface area (Å²) in [6.07, 6.45) is 7.75. The lowest BCUT2D eigenvalue weighted by atomic mass is 10.1. The van der Waals surface area contributed by atoms with Gasteiger partial charge in [0.1, 0.15) is 0 Å². The van der Waals surface area contributed by atoms with Crippen molar-refractivity contribution >= 4 is 17.3 Å². The van der Waals surface area contributed by atoms with Gasteiger partial charge in [0.2, 0.25) is 0 Å². The van der Waals surface area contributed by atoms with E-state index in [1.165, 1.54) is 30.5 Å². The number of halogens is 1. The molecule has 3 heterocycles. The zero-order valence-corrected chi connectivity index (χ0v) is 11.6. The van der Waals surface area contributed by atoms with Crippen molar-refractivity contribution in [1.29, 1.82) is 0 Å². The number of fused-ring (bicyclic) bond motifs is 2. The summed E-state index contributed by atoms with van der Waals surface area (Å²) < 4.78 is 0. The van der Waals surface area contributed by atoms with Crippen molar-refractivity contribution in [2.45, 2.75) is 37.2 Å². The number of hydrogen-bond donors (Lipinski definition) is 0. The quantitative estimate of drug-likeness (QED) is 0.766. The third-order valence-corrected chi connectivity index (χ3v) is 4.81. The summed E-state index contributed by atoms with van der Waals surface area (Å²) in [5.41, 5.74) is 2.43. The summed E-state index contributed by atoms with van der Waals surface area (Å²) in [6.45, 7) is 2.24. The molecule has 2 saturated heterocycles. The molecule has 0 aliphatic carbocycles. The summed E-state index contributed by atoms with van der Waals surface area (Å²) in [6, 6.07) is 3.51. The van der Waals surface area contributed by atoms with Crippen LogP contribution in [0, 0.1) is 0 Å². The summed E-state index contributed by atoms with van der Waals surface area (Å²) >= 11 is 6.03. The van der Waals surface area contributed by atoms with Crippen LogP contribution in [0.2, 0.25) is 0 Å². The first kappa shape index (κ1) is 12.2. The van der Waals surface area contributed by atoms with Crippen LogP contribution in [0.1, 0.15) is 24.8 Å². The van der Waals surface area contributed by atoms with E-state index in [0.717, 1.165) is 19.1 Å². The highest BCUT2D eigenvalue weighted by Gasteiger charge is 2.34. The van der Waals surface area contributed by atoms with Gasteiger partial charge in [-0.15, -0.1) is 11.6 Å². The smallest absolute Gasteiger partial charge is 0.0598 e. The molecule has 2 fully saturated rings. The van der Waals surface area contributed by atoms with Crippen LogP contribution in [-0.2, 0) is 5.88 Å². The number of alkyl halides is 1. The Labute approximate surface area is 114 Å². The summed E-state index contributed by atoms with van der Waals surface area (Å²) in [4.78, 5) is 9.31. The fraction of sp³-hybridized carbons (Fsp3) is 0.643. The molecule has 0 spiro atoms. The largest absolute Gasteiger partial charge is 0.368 e. The lowest BCUT2D eigenvalue weighted by molar-refractivity contribution is 0.254. The van der Waals surface area contributed by atoms with Crippen LogP contribution in [0.5, 0.6) is 0 Å². The Morgan fingerprint density at radius 1 is 1.33 bits per heavy atom. The maximum absolute atomic E-state index is 6.03. The third kappa shape index (κ3) is 2.10. The van der Waals surface area contributed by atoms with Crippen molar-refractivity contribution in [3.63, 3.8) is 0 Å². The zero-order valence-electron chi connectivity index (χ0n) is 10.8. The van der Waals surface area contributed by atoms with E-state index >= 15 is 0 Å². The second kappa shape index (κ2) is 5.06. The standard InChI is InChI=1S/C14H20ClN3/c1-17-12-2-3-13(17)10-18(7-5-12)14-9-16-6-4-11(14)8-15/h4,6,9,12-13H,2-3,5,7-8,10H2,1H3. The number of hydrogen-bond acceptors (Lipinski definition) is 3. The number of pyridine rings is 1.